The topological polar surface area (TPSA) is 47.1 Å². The smallest absolute Gasteiger partial charge is 0.122 e. The Morgan fingerprint density at radius 2 is 2.24 bits per heavy atom. The summed E-state index contributed by atoms with van der Waals surface area (Å²) in [5.74, 6) is 2.03. The van der Waals surface area contributed by atoms with Gasteiger partial charge in [0.1, 0.15) is 5.82 Å². The standard InChI is InChI=1S/C17H32N4/c1-4-6-15-7-5-9-17(14-18,10-8-15)21(3)13-16-19-11-12-20(16)2/h11-12,15H,4-10,13-14,18H2,1-3H3. The Balaban J connectivity index is 2.04. The molecule has 0 aromatic carbocycles. The molecule has 2 rings (SSSR count). The maximum absolute atomic E-state index is 6.23. The lowest BCUT2D eigenvalue weighted by Crippen LogP contribution is -2.51. The molecule has 21 heavy (non-hydrogen) atoms. The van der Waals surface area contributed by atoms with E-state index in [4.69, 9.17) is 5.73 Å². The van der Waals surface area contributed by atoms with Crippen molar-refractivity contribution in [2.45, 2.75) is 64.0 Å². The molecule has 1 heterocycles. The molecule has 0 saturated heterocycles. The van der Waals surface area contributed by atoms with E-state index in [0.29, 0.717) is 0 Å². The van der Waals surface area contributed by atoms with Crippen LogP contribution in [0.5, 0.6) is 0 Å². The van der Waals surface area contributed by atoms with Crippen LogP contribution >= 0.6 is 0 Å². The molecular weight excluding hydrogens is 260 g/mol. The molecule has 1 aliphatic carbocycles. The Morgan fingerprint density at radius 1 is 1.43 bits per heavy atom. The first-order valence-corrected chi connectivity index (χ1v) is 8.49. The highest BCUT2D eigenvalue weighted by Gasteiger charge is 2.35. The van der Waals surface area contributed by atoms with Crippen LogP contribution in [0.1, 0.15) is 57.7 Å². The number of aromatic nitrogens is 2. The summed E-state index contributed by atoms with van der Waals surface area (Å²) in [5, 5.41) is 0. The summed E-state index contributed by atoms with van der Waals surface area (Å²) in [5.41, 5.74) is 6.39. The van der Waals surface area contributed by atoms with E-state index in [1.54, 1.807) is 0 Å². The number of likely N-dealkylation sites (N-methyl/N-ethyl adjacent to an activating group) is 1. The number of hydrogen-bond acceptors (Lipinski definition) is 3. The lowest BCUT2D eigenvalue weighted by Gasteiger charge is -2.40. The second kappa shape index (κ2) is 7.41. The van der Waals surface area contributed by atoms with Crippen molar-refractivity contribution in [1.82, 2.24) is 14.5 Å². The number of aryl methyl sites for hydroxylation is 1. The molecule has 4 heteroatoms. The summed E-state index contributed by atoms with van der Waals surface area (Å²) in [6.45, 7) is 3.94. The van der Waals surface area contributed by atoms with E-state index in [1.807, 2.05) is 12.4 Å². The van der Waals surface area contributed by atoms with Crippen LogP contribution in [-0.2, 0) is 13.6 Å². The number of imidazole rings is 1. The van der Waals surface area contributed by atoms with Gasteiger partial charge in [-0.15, -0.1) is 0 Å². The quantitative estimate of drug-likeness (QED) is 0.820. The van der Waals surface area contributed by atoms with E-state index in [1.165, 1.54) is 44.9 Å². The Labute approximate surface area is 129 Å². The van der Waals surface area contributed by atoms with Crippen molar-refractivity contribution >= 4 is 0 Å². The van der Waals surface area contributed by atoms with E-state index in [2.05, 4.69) is 35.5 Å². The van der Waals surface area contributed by atoms with Crippen molar-refractivity contribution in [3.05, 3.63) is 18.2 Å². The van der Waals surface area contributed by atoms with Gasteiger partial charge in [0, 0.05) is 31.5 Å². The Bertz CT molecular complexity index is 428. The van der Waals surface area contributed by atoms with E-state index in [0.717, 1.165) is 24.8 Å². The van der Waals surface area contributed by atoms with Crippen molar-refractivity contribution in [1.29, 1.82) is 0 Å². The largest absolute Gasteiger partial charge is 0.337 e. The van der Waals surface area contributed by atoms with Crippen LogP contribution in [-0.4, -0.2) is 33.6 Å². The van der Waals surface area contributed by atoms with E-state index in [-0.39, 0.29) is 5.54 Å². The average Bonchev–Trinajstić information content (AvgIpc) is 2.76. The zero-order valence-corrected chi connectivity index (χ0v) is 14.0. The third-order valence-corrected chi connectivity index (χ3v) is 5.46. The van der Waals surface area contributed by atoms with E-state index < -0.39 is 0 Å². The van der Waals surface area contributed by atoms with Crippen LogP contribution in [0.3, 0.4) is 0 Å². The molecule has 1 fully saturated rings. The van der Waals surface area contributed by atoms with Crippen LogP contribution in [0, 0.1) is 5.92 Å². The summed E-state index contributed by atoms with van der Waals surface area (Å²) < 4.78 is 2.11. The van der Waals surface area contributed by atoms with Gasteiger partial charge in [0.2, 0.25) is 0 Å². The van der Waals surface area contributed by atoms with Crippen LogP contribution < -0.4 is 5.73 Å². The van der Waals surface area contributed by atoms with Gasteiger partial charge in [0.15, 0.2) is 0 Å². The molecule has 1 aliphatic rings. The summed E-state index contributed by atoms with van der Waals surface area (Å²) in [6.07, 6.45) is 13.1. The maximum Gasteiger partial charge on any atom is 0.122 e. The first-order valence-electron chi connectivity index (χ1n) is 8.49. The summed E-state index contributed by atoms with van der Waals surface area (Å²) in [6, 6.07) is 0. The van der Waals surface area contributed by atoms with Crippen molar-refractivity contribution in [2.24, 2.45) is 18.7 Å². The third-order valence-electron chi connectivity index (χ3n) is 5.46. The molecular formula is C17H32N4. The fraction of sp³-hybridized carbons (Fsp3) is 0.824. The fourth-order valence-electron chi connectivity index (χ4n) is 3.83. The van der Waals surface area contributed by atoms with E-state index in [9.17, 15) is 0 Å². The molecule has 2 N–H and O–H groups in total. The minimum atomic E-state index is 0.161. The Kier molecular flexibility index (Phi) is 5.82. The highest BCUT2D eigenvalue weighted by molar-refractivity contribution is 4.97. The maximum atomic E-state index is 6.23. The number of nitrogens with two attached hydrogens (primary N) is 1. The lowest BCUT2D eigenvalue weighted by molar-refractivity contribution is 0.0946. The fourth-order valence-corrected chi connectivity index (χ4v) is 3.83. The summed E-state index contributed by atoms with van der Waals surface area (Å²) in [7, 11) is 4.29. The highest BCUT2D eigenvalue weighted by atomic mass is 15.2. The SMILES string of the molecule is CCCC1CCCC(CN)(N(C)Cc2nccn2C)CC1. The normalized spacial score (nSPS) is 27.0. The number of hydrogen-bond donors (Lipinski definition) is 1. The Morgan fingerprint density at radius 3 is 2.86 bits per heavy atom. The molecule has 2 unspecified atom stereocenters. The second-order valence-corrected chi connectivity index (χ2v) is 6.82. The van der Waals surface area contributed by atoms with Gasteiger partial charge in [-0.25, -0.2) is 4.98 Å². The zero-order chi connectivity index (χ0) is 15.3. The van der Waals surface area contributed by atoms with Gasteiger partial charge in [-0.3, -0.25) is 4.90 Å². The average molecular weight is 292 g/mol. The summed E-state index contributed by atoms with van der Waals surface area (Å²) >= 11 is 0. The molecule has 0 bridgehead atoms. The zero-order valence-electron chi connectivity index (χ0n) is 14.0. The molecule has 120 valence electrons. The van der Waals surface area contributed by atoms with Crippen molar-refractivity contribution in [3.8, 4) is 0 Å². The third kappa shape index (κ3) is 3.86. The van der Waals surface area contributed by atoms with Crippen LogP contribution in [0.15, 0.2) is 12.4 Å². The molecule has 1 aromatic rings. The second-order valence-electron chi connectivity index (χ2n) is 6.82. The van der Waals surface area contributed by atoms with Gasteiger partial charge >= 0.3 is 0 Å². The number of rotatable bonds is 6. The van der Waals surface area contributed by atoms with Gasteiger partial charge < -0.3 is 10.3 Å². The Hall–Kier alpha value is -0.870. The molecule has 0 spiro atoms. The first kappa shape index (κ1) is 16.5. The highest BCUT2D eigenvalue weighted by Crippen LogP contribution is 2.35. The monoisotopic (exact) mass is 292 g/mol. The van der Waals surface area contributed by atoms with Gasteiger partial charge in [-0.1, -0.05) is 32.6 Å². The van der Waals surface area contributed by atoms with Gasteiger partial charge in [-0.2, -0.15) is 0 Å². The number of nitrogens with zero attached hydrogens (tertiary/aromatic N) is 3. The molecule has 2 atom stereocenters. The van der Waals surface area contributed by atoms with Crippen LogP contribution in [0.4, 0.5) is 0 Å². The van der Waals surface area contributed by atoms with Crippen LogP contribution in [0.2, 0.25) is 0 Å². The van der Waals surface area contributed by atoms with Gasteiger partial charge in [0.05, 0.1) is 6.54 Å². The molecule has 0 aliphatic heterocycles. The molecule has 1 aromatic heterocycles. The van der Waals surface area contributed by atoms with E-state index >= 15 is 0 Å². The van der Waals surface area contributed by atoms with Crippen molar-refractivity contribution < 1.29 is 0 Å². The van der Waals surface area contributed by atoms with Crippen molar-refractivity contribution in [2.75, 3.05) is 13.6 Å². The molecule has 1 saturated carbocycles. The molecule has 0 amide bonds. The van der Waals surface area contributed by atoms with Gasteiger partial charge in [0.25, 0.3) is 0 Å². The van der Waals surface area contributed by atoms with Crippen molar-refractivity contribution in [3.63, 3.8) is 0 Å². The van der Waals surface area contributed by atoms with Crippen LogP contribution in [0.25, 0.3) is 0 Å². The first-order chi connectivity index (χ1) is 10.1. The minimum Gasteiger partial charge on any atom is -0.337 e. The minimum absolute atomic E-state index is 0.161. The molecule has 4 nitrogen and oxygen atoms in total. The summed E-state index contributed by atoms with van der Waals surface area (Å²) in [4.78, 5) is 6.93. The lowest BCUT2D eigenvalue weighted by atomic mass is 9.87. The predicted octanol–water partition coefficient (Wildman–Crippen LogP) is 2.93. The van der Waals surface area contributed by atoms with Gasteiger partial charge in [-0.05, 0) is 32.2 Å². The molecule has 0 radical (unpaired) electrons. The predicted molar refractivity (Wildman–Crippen MR) is 87.9 cm³/mol.